The van der Waals surface area contributed by atoms with E-state index in [-0.39, 0.29) is 50.6 Å². The summed E-state index contributed by atoms with van der Waals surface area (Å²) >= 11 is 0. The van der Waals surface area contributed by atoms with Crippen LogP contribution in [0.1, 0.15) is 81.4 Å². The molecule has 3 heterocycles. The molecule has 2 aromatic heterocycles. The first kappa shape index (κ1) is 23.0. The molecule has 36 heavy (non-hydrogen) atoms. The lowest BCUT2D eigenvalue weighted by Crippen LogP contribution is -2.71. The van der Waals surface area contributed by atoms with E-state index >= 15 is 0 Å². The topological polar surface area (TPSA) is 108 Å². The standard InChI is InChI=1S/C26H32F3N5O2/c27-22(28)26(36)7-8-34(23(35)24-10-25(29,11-24)12-24)17(9-26)15-5-6-16-20(31-15)33-21(32-16)19(30)18(13-1-2-13)14-3-4-14/h5-6,13-14,17-19,22,36H,1-4,7-12,30H2,(H,31,32,33)/t17-,19-,24?,25?,26+/m0/s1. The number of rotatable bonds is 7. The van der Waals surface area contributed by atoms with Crippen molar-refractivity contribution in [1.82, 2.24) is 19.9 Å². The summed E-state index contributed by atoms with van der Waals surface area (Å²) in [5.74, 6) is 2.18. The van der Waals surface area contributed by atoms with Crippen LogP contribution in [0.5, 0.6) is 0 Å². The van der Waals surface area contributed by atoms with E-state index < -0.39 is 29.2 Å². The van der Waals surface area contributed by atoms with Crippen LogP contribution in [0, 0.1) is 23.2 Å². The summed E-state index contributed by atoms with van der Waals surface area (Å²) in [7, 11) is 0. The molecule has 10 heteroatoms. The number of H-pyrrole nitrogens is 1. The van der Waals surface area contributed by atoms with E-state index in [1.807, 2.05) is 0 Å². The summed E-state index contributed by atoms with van der Waals surface area (Å²) in [6, 6.07) is 2.45. The van der Waals surface area contributed by atoms with Gasteiger partial charge in [0.15, 0.2) is 5.65 Å². The van der Waals surface area contributed by atoms with Crippen LogP contribution in [0.4, 0.5) is 13.2 Å². The van der Waals surface area contributed by atoms with Gasteiger partial charge in [-0.1, -0.05) is 0 Å². The number of alkyl halides is 3. The molecule has 1 saturated heterocycles. The van der Waals surface area contributed by atoms with Crippen LogP contribution >= 0.6 is 0 Å². The molecule has 7 nitrogen and oxygen atoms in total. The molecule has 6 aliphatic rings. The van der Waals surface area contributed by atoms with Gasteiger partial charge >= 0.3 is 0 Å². The van der Waals surface area contributed by atoms with Crippen LogP contribution in [0.15, 0.2) is 12.1 Å². The molecule has 6 fully saturated rings. The Hall–Kier alpha value is -2.20. The van der Waals surface area contributed by atoms with Crippen LogP contribution in [-0.4, -0.2) is 55.1 Å². The second-order valence-electron chi connectivity index (χ2n) is 12.3. The lowest BCUT2D eigenvalue weighted by Gasteiger charge is -2.65. The number of amides is 1. The molecule has 8 rings (SSSR count). The number of halogens is 3. The number of aliphatic hydroxyl groups is 1. The number of aromatic nitrogens is 3. The Labute approximate surface area is 207 Å². The molecule has 5 aliphatic carbocycles. The van der Waals surface area contributed by atoms with Crippen molar-refractivity contribution in [2.24, 2.45) is 28.9 Å². The molecule has 2 aromatic rings. The van der Waals surface area contributed by atoms with Gasteiger partial charge in [0.1, 0.15) is 17.1 Å². The summed E-state index contributed by atoms with van der Waals surface area (Å²) in [6.07, 6.45) is 1.92. The number of nitrogens with two attached hydrogens (primary N) is 1. The molecule has 5 saturated carbocycles. The monoisotopic (exact) mass is 503 g/mol. The maximum Gasteiger partial charge on any atom is 0.266 e. The van der Waals surface area contributed by atoms with E-state index in [1.54, 1.807) is 17.0 Å². The van der Waals surface area contributed by atoms with Gasteiger partial charge in [0.05, 0.1) is 28.7 Å². The summed E-state index contributed by atoms with van der Waals surface area (Å²) in [6.45, 7) is -0.0216. The summed E-state index contributed by atoms with van der Waals surface area (Å²) in [4.78, 5) is 27.6. The highest BCUT2D eigenvalue weighted by molar-refractivity contribution is 5.87. The first-order chi connectivity index (χ1) is 17.1. The second-order valence-corrected chi connectivity index (χ2v) is 12.3. The van der Waals surface area contributed by atoms with Gasteiger partial charge in [0, 0.05) is 13.0 Å². The number of piperidine rings is 1. The van der Waals surface area contributed by atoms with E-state index in [0.29, 0.717) is 40.4 Å². The van der Waals surface area contributed by atoms with Gasteiger partial charge in [-0.3, -0.25) is 4.79 Å². The smallest absolute Gasteiger partial charge is 0.266 e. The first-order valence-electron chi connectivity index (χ1n) is 13.2. The Kier molecular flexibility index (Phi) is 4.74. The van der Waals surface area contributed by atoms with Gasteiger partial charge in [-0.25, -0.2) is 23.1 Å². The fourth-order valence-electron chi connectivity index (χ4n) is 7.30. The molecule has 1 aliphatic heterocycles. The Morgan fingerprint density at radius 1 is 1.14 bits per heavy atom. The lowest BCUT2D eigenvalue weighted by atomic mass is 9.41. The second kappa shape index (κ2) is 7.43. The Morgan fingerprint density at radius 2 is 1.81 bits per heavy atom. The number of imidazole rings is 1. The highest BCUT2D eigenvalue weighted by atomic mass is 19.3. The number of carbonyl (C=O) groups is 1. The first-order valence-corrected chi connectivity index (χ1v) is 13.2. The number of hydrogen-bond donors (Lipinski definition) is 3. The summed E-state index contributed by atoms with van der Waals surface area (Å²) in [5.41, 5.74) is 4.01. The van der Waals surface area contributed by atoms with E-state index in [2.05, 4.69) is 15.0 Å². The summed E-state index contributed by atoms with van der Waals surface area (Å²) < 4.78 is 41.8. The molecule has 0 spiro atoms. The van der Waals surface area contributed by atoms with Crippen molar-refractivity contribution in [2.45, 2.75) is 87.6 Å². The predicted octanol–water partition coefficient (Wildman–Crippen LogP) is 3.95. The number of carbonyl (C=O) groups excluding carboxylic acids is 1. The maximum absolute atomic E-state index is 14.2. The van der Waals surface area contributed by atoms with Gasteiger partial charge in [-0.2, -0.15) is 0 Å². The number of likely N-dealkylation sites (tertiary alicyclic amines) is 1. The quantitative estimate of drug-likeness (QED) is 0.530. The Bertz CT molecular complexity index is 1200. The number of nitrogens with zero attached hydrogens (tertiary/aromatic N) is 3. The Morgan fingerprint density at radius 3 is 2.39 bits per heavy atom. The van der Waals surface area contributed by atoms with Gasteiger partial charge < -0.3 is 20.7 Å². The van der Waals surface area contributed by atoms with Crippen molar-refractivity contribution in [3.63, 3.8) is 0 Å². The van der Waals surface area contributed by atoms with Crippen molar-refractivity contribution in [1.29, 1.82) is 0 Å². The van der Waals surface area contributed by atoms with Gasteiger partial charge in [0.25, 0.3) is 6.43 Å². The zero-order chi connectivity index (χ0) is 25.0. The van der Waals surface area contributed by atoms with E-state index in [9.17, 15) is 23.1 Å². The third-order valence-corrected chi connectivity index (χ3v) is 9.59. The normalized spacial score (nSPS) is 36.8. The highest BCUT2D eigenvalue weighted by Gasteiger charge is 2.74. The average Bonchev–Trinajstić information content (AvgIpc) is 3.75. The maximum atomic E-state index is 14.2. The van der Waals surface area contributed by atoms with E-state index in [1.165, 1.54) is 25.7 Å². The Balaban J connectivity index is 1.20. The number of pyridine rings is 1. The minimum Gasteiger partial charge on any atom is -0.384 e. The minimum atomic E-state index is -2.94. The molecule has 0 aromatic carbocycles. The molecule has 0 unspecified atom stereocenters. The van der Waals surface area contributed by atoms with Crippen LogP contribution in [-0.2, 0) is 4.79 Å². The van der Waals surface area contributed by atoms with Crippen LogP contribution < -0.4 is 5.73 Å². The van der Waals surface area contributed by atoms with Crippen molar-refractivity contribution in [3.05, 3.63) is 23.7 Å². The number of fused-ring (bicyclic) bond motifs is 1. The number of hydrogen-bond acceptors (Lipinski definition) is 5. The largest absolute Gasteiger partial charge is 0.384 e. The van der Waals surface area contributed by atoms with Crippen molar-refractivity contribution >= 4 is 17.1 Å². The third-order valence-electron chi connectivity index (χ3n) is 9.59. The number of aromatic amines is 1. The molecule has 0 radical (unpaired) electrons. The fourth-order valence-corrected chi connectivity index (χ4v) is 7.30. The zero-order valence-corrected chi connectivity index (χ0v) is 20.1. The molecule has 1 amide bonds. The highest BCUT2D eigenvalue weighted by Crippen LogP contribution is 2.70. The number of nitrogens with one attached hydrogen (secondary N) is 1. The molecule has 4 N–H and O–H groups in total. The SMILES string of the molecule is N[C@H](c1nc2nc([C@@H]3C[C@@](O)(C(F)F)CCN3C(=O)C34CC(F)(C3)C4)ccc2[nH]1)C(C1CC1)C1CC1. The molecular weight excluding hydrogens is 471 g/mol. The predicted molar refractivity (Wildman–Crippen MR) is 125 cm³/mol. The fraction of sp³-hybridized carbons (Fsp3) is 0.731. The van der Waals surface area contributed by atoms with E-state index in [4.69, 9.17) is 5.73 Å². The van der Waals surface area contributed by atoms with Gasteiger partial charge in [0.2, 0.25) is 5.91 Å². The lowest BCUT2D eigenvalue weighted by molar-refractivity contribution is -0.228. The molecule has 194 valence electrons. The van der Waals surface area contributed by atoms with Crippen LogP contribution in [0.2, 0.25) is 0 Å². The third kappa shape index (κ3) is 3.43. The summed E-state index contributed by atoms with van der Waals surface area (Å²) in [5, 5.41) is 10.7. The molecule has 2 bridgehead atoms. The van der Waals surface area contributed by atoms with Crippen LogP contribution in [0.25, 0.3) is 11.2 Å². The minimum absolute atomic E-state index is 0.0216. The average molecular weight is 504 g/mol. The van der Waals surface area contributed by atoms with Crippen molar-refractivity contribution in [3.8, 4) is 0 Å². The van der Waals surface area contributed by atoms with Crippen molar-refractivity contribution in [2.75, 3.05) is 6.54 Å². The van der Waals surface area contributed by atoms with Crippen LogP contribution in [0.3, 0.4) is 0 Å². The molecule has 3 atom stereocenters. The van der Waals surface area contributed by atoms with E-state index in [0.717, 1.165) is 0 Å². The zero-order valence-electron chi connectivity index (χ0n) is 20.1. The van der Waals surface area contributed by atoms with Gasteiger partial charge in [-0.05, 0) is 81.3 Å². The van der Waals surface area contributed by atoms with Gasteiger partial charge in [-0.15, -0.1) is 0 Å². The molecular formula is C26H32F3N5O2. The van der Waals surface area contributed by atoms with Crippen molar-refractivity contribution < 1.29 is 23.1 Å².